The molecule has 0 unspecified atom stereocenters. The highest BCUT2D eigenvalue weighted by atomic mass is 16.6. The molecule has 0 aliphatic heterocycles. The minimum atomic E-state index is -0.414. The molecule has 0 amide bonds. The van der Waals surface area contributed by atoms with Crippen LogP contribution in [0.5, 0.6) is 0 Å². The Morgan fingerprint density at radius 3 is 2.56 bits per heavy atom. The highest BCUT2D eigenvalue weighted by Gasteiger charge is 2.05. The molecule has 0 aliphatic rings. The van der Waals surface area contributed by atoms with Gasteiger partial charge in [0.15, 0.2) is 0 Å². The summed E-state index contributed by atoms with van der Waals surface area (Å²) in [5.74, 6) is 0. The van der Waals surface area contributed by atoms with Crippen LogP contribution in [0.1, 0.15) is 12.0 Å². The lowest BCUT2D eigenvalue weighted by atomic mass is 10.2. The molecule has 0 bridgehead atoms. The summed E-state index contributed by atoms with van der Waals surface area (Å²) in [6.45, 7) is 1.40. The molecule has 0 atom stereocenters. The third-order valence-corrected chi connectivity index (χ3v) is 2.20. The number of nitriles is 1. The molecule has 1 rings (SSSR count). The number of hydrogen-bond donors (Lipinski definition) is 0. The monoisotopic (exact) mass is 219 g/mol. The van der Waals surface area contributed by atoms with Crippen LogP contribution in [0, 0.1) is 21.4 Å². The van der Waals surface area contributed by atoms with Crippen molar-refractivity contribution in [3.8, 4) is 6.07 Å². The molecule has 0 aromatic heterocycles. The first-order valence-corrected chi connectivity index (χ1v) is 4.92. The van der Waals surface area contributed by atoms with E-state index in [2.05, 4.69) is 6.07 Å². The number of rotatable bonds is 5. The maximum absolute atomic E-state index is 10.4. The fraction of sp³-hybridized carbons (Fsp3) is 0.364. The van der Waals surface area contributed by atoms with Crippen LogP contribution in [0.2, 0.25) is 0 Å². The first-order valence-electron chi connectivity index (χ1n) is 4.92. The minimum absolute atomic E-state index is 0.100. The normalized spacial score (nSPS) is 10.1. The second kappa shape index (κ2) is 5.83. The maximum atomic E-state index is 10.4. The number of hydrogen-bond acceptors (Lipinski definition) is 4. The molecule has 0 aliphatic carbocycles. The second-order valence-corrected chi connectivity index (χ2v) is 3.57. The zero-order valence-corrected chi connectivity index (χ0v) is 9.09. The Balaban J connectivity index is 2.55. The van der Waals surface area contributed by atoms with Crippen LogP contribution in [0.15, 0.2) is 24.3 Å². The van der Waals surface area contributed by atoms with Gasteiger partial charge in [0, 0.05) is 31.6 Å². The van der Waals surface area contributed by atoms with Crippen molar-refractivity contribution >= 4 is 5.69 Å². The summed E-state index contributed by atoms with van der Waals surface area (Å²) in [5.41, 5.74) is 1.11. The third kappa shape index (κ3) is 3.67. The molecule has 1 aromatic rings. The topological polar surface area (TPSA) is 70.2 Å². The Morgan fingerprint density at radius 2 is 2.06 bits per heavy atom. The van der Waals surface area contributed by atoms with E-state index >= 15 is 0 Å². The molecule has 0 heterocycles. The van der Waals surface area contributed by atoms with Crippen molar-refractivity contribution in [1.82, 2.24) is 4.90 Å². The van der Waals surface area contributed by atoms with Crippen LogP contribution in [-0.4, -0.2) is 23.4 Å². The van der Waals surface area contributed by atoms with Crippen molar-refractivity contribution in [2.75, 3.05) is 13.6 Å². The maximum Gasteiger partial charge on any atom is 0.269 e. The van der Waals surface area contributed by atoms with Crippen LogP contribution in [0.3, 0.4) is 0 Å². The first kappa shape index (κ1) is 12.1. The number of nitro benzene ring substituents is 1. The van der Waals surface area contributed by atoms with Gasteiger partial charge in [0.25, 0.3) is 5.69 Å². The summed E-state index contributed by atoms with van der Waals surface area (Å²) < 4.78 is 0. The van der Waals surface area contributed by atoms with Crippen molar-refractivity contribution in [2.24, 2.45) is 0 Å². The van der Waals surface area contributed by atoms with E-state index in [0.717, 1.165) is 5.56 Å². The molecule has 0 spiro atoms. The standard InChI is InChI=1S/C11H13N3O2/c1-13(8-2-7-12)9-10-3-5-11(6-4-10)14(15)16/h3-6H,2,8-9H2,1H3. The molecule has 16 heavy (non-hydrogen) atoms. The summed E-state index contributed by atoms with van der Waals surface area (Å²) in [4.78, 5) is 12.0. The fourth-order valence-electron chi connectivity index (χ4n) is 1.35. The van der Waals surface area contributed by atoms with Crippen molar-refractivity contribution in [3.05, 3.63) is 39.9 Å². The number of nitro groups is 1. The zero-order valence-electron chi connectivity index (χ0n) is 9.09. The quantitative estimate of drug-likeness (QED) is 0.560. The predicted molar refractivity (Wildman–Crippen MR) is 59.7 cm³/mol. The van der Waals surface area contributed by atoms with Crippen molar-refractivity contribution in [1.29, 1.82) is 5.26 Å². The van der Waals surface area contributed by atoms with Crippen LogP contribution in [0.4, 0.5) is 5.69 Å². The summed E-state index contributed by atoms with van der Waals surface area (Å²) in [6.07, 6.45) is 0.490. The van der Waals surface area contributed by atoms with Crippen LogP contribution in [-0.2, 0) is 6.54 Å². The van der Waals surface area contributed by atoms with Crippen molar-refractivity contribution < 1.29 is 4.92 Å². The Labute approximate surface area is 94.1 Å². The third-order valence-electron chi connectivity index (χ3n) is 2.20. The Kier molecular flexibility index (Phi) is 4.42. The van der Waals surface area contributed by atoms with Gasteiger partial charge >= 0.3 is 0 Å². The largest absolute Gasteiger partial charge is 0.301 e. The molecule has 5 heteroatoms. The Morgan fingerprint density at radius 1 is 1.44 bits per heavy atom. The molecule has 0 radical (unpaired) electrons. The number of nitrogens with zero attached hydrogens (tertiary/aromatic N) is 3. The average molecular weight is 219 g/mol. The molecule has 5 nitrogen and oxygen atoms in total. The Bertz CT molecular complexity index is 395. The van der Waals surface area contributed by atoms with Gasteiger partial charge in [-0.2, -0.15) is 5.26 Å². The lowest BCUT2D eigenvalue weighted by Crippen LogP contribution is -2.18. The van der Waals surface area contributed by atoms with E-state index < -0.39 is 4.92 Å². The summed E-state index contributed by atoms with van der Waals surface area (Å²) in [7, 11) is 1.92. The van der Waals surface area contributed by atoms with Gasteiger partial charge in [-0.25, -0.2) is 0 Å². The number of non-ortho nitro benzene ring substituents is 1. The molecule has 0 saturated carbocycles. The van der Waals surface area contributed by atoms with Crippen molar-refractivity contribution in [3.63, 3.8) is 0 Å². The van der Waals surface area contributed by atoms with Gasteiger partial charge in [-0.1, -0.05) is 12.1 Å². The van der Waals surface area contributed by atoms with Gasteiger partial charge in [0.05, 0.1) is 11.0 Å². The highest BCUT2D eigenvalue weighted by molar-refractivity contribution is 5.32. The lowest BCUT2D eigenvalue weighted by molar-refractivity contribution is -0.384. The van der Waals surface area contributed by atoms with Crippen LogP contribution >= 0.6 is 0 Å². The van der Waals surface area contributed by atoms with Gasteiger partial charge in [0.1, 0.15) is 0 Å². The van der Waals surface area contributed by atoms with E-state index in [9.17, 15) is 10.1 Å². The van der Waals surface area contributed by atoms with E-state index in [1.165, 1.54) is 12.1 Å². The second-order valence-electron chi connectivity index (χ2n) is 3.57. The average Bonchev–Trinajstić information content (AvgIpc) is 2.27. The molecule has 0 N–H and O–H groups in total. The minimum Gasteiger partial charge on any atom is -0.301 e. The van der Waals surface area contributed by atoms with Crippen molar-refractivity contribution in [2.45, 2.75) is 13.0 Å². The number of benzene rings is 1. The van der Waals surface area contributed by atoms with E-state index in [0.29, 0.717) is 19.5 Å². The van der Waals surface area contributed by atoms with Gasteiger partial charge < -0.3 is 4.90 Å². The molecule has 0 saturated heterocycles. The predicted octanol–water partition coefficient (Wildman–Crippen LogP) is 1.94. The van der Waals surface area contributed by atoms with E-state index in [1.807, 2.05) is 11.9 Å². The molecule has 84 valence electrons. The van der Waals surface area contributed by atoms with Crippen LogP contribution < -0.4 is 0 Å². The zero-order chi connectivity index (χ0) is 12.0. The van der Waals surface area contributed by atoms with Gasteiger partial charge in [-0.3, -0.25) is 10.1 Å². The molecular weight excluding hydrogens is 206 g/mol. The smallest absolute Gasteiger partial charge is 0.269 e. The van der Waals surface area contributed by atoms with E-state index in [4.69, 9.17) is 5.26 Å². The Hall–Kier alpha value is -1.93. The SMILES string of the molecule is CN(CCC#N)Cc1ccc([N+](=O)[O-])cc1. The van der Waals surface area contributed by atoms with E-state index in [-0.39, 0.29) is 5.69 Å². The van der Waals surface area contributed by atoms with E-state index in [1.54, 1.807) is 12.1 Å². The van der Waals surface area contributed by atoms with Gasteiger partial charge in [-0.05, 0) is 12.6 Å². The molecular formula is C11H13N3O2. The van der Waals surface area contributed by atoms with Gasteiger partial charge in [0.2, 0.25) is 0 Å². The lowest BCUT2D eigenvalue weighted by Gasteiger charge is -2.14. The molecule has 1 aromatic carbocycles. The summed E-state index contributed by atoms with van der Waals surface area (Å²) in [6, 6.07) is 8.54. The summed E-state index contributed by atoms with van der Waals surface area (Å²) >= 11 is 0. The molecule has 0 fully saturated rings. The first-order chi connectivity index (χ1) is 7.63. The fourth-order valence-corrected chi connectivity index (χ4v) is 1.35. The summed E-state index contributed by atoms with van der Waals surface area (Å²) in [5, 5.41) is 18.9. The van der Waals surface area contributed by atoms with Gasteiger partial charge in [-0.15, -0.1) is 0 Å². The van der Waals surface area contributed by atoms with Crippen LogP contribution in [0.25, 0.3) is 0 Å². The highest BCUT2D eigenvalue weighted by Crippen LogP contribution is 2.12.